The van der Waals surface area contributed by atoms with Crippen molar-refractivity contribution in [2.24, 2.45) is 0 Å². The van der Waals surface area contributed by atoms with Crippen LogP contribution in [0.1, 0.15) is 17.5 Å². The number of hydrogen-bond acceptors (Lipinski definition) is 5. The first-order chi connectivity index (χ1) is 12.7. The highest BCUT2D eigenvalue weighted by molar-refractivity contribution is 5.74. The van der Waals surface area contributed by atoms with Crippen LogP contribution in [0.2, 0.25) is 0 Å². The summed E-state index contributed by atoms with van der Waals surface area (Å²) in [6, 6.07) is 17.5. The van der Waals surface area contributed by atoms with Crippen molar-refractivity contribution >= 4 is 17.1 Å². The Balaban J connectivity index is 1.49. The summed E-state index contributed by atoms with van der Waals surface area (Å²) >= 11 is 0. The molecule has 0 amide bonds. The monoisotopic (exact) mass is 351 g/mol. The molecular weight excluding hydrogens is 326 g/mol. The minimum Gasteiger partial charge on any atom is -0.423 e. The third kappa shape index (κ3) is 3.59. The number of fused-ring (bicyclic) bond motifs is 1. The van der Waals surface area contributed by atoms with Gasteiger partial charge in [0.2, 0.25) is 0 Å². The number of anilines is 1. The molecule has 1 saturated heterocycles. The summed E-state index contributed by atoms with van der Waals surface area (Å²) in [5.41, 5.74) is 4.31. The standard InChI is InChI=1S/C21H25N3O2/c1-16-6-8-17(9-7-16)14-23-11-12-24(15-18(23)10-13-25)21-22-19-4-2-3-5-20(19)26-21/h2-9,18,25H,10-15H2,1H3/t18-/m0/s1. The lowest BCUT2D eigenvalue weighted by molar-refractivity contribution is 0.133. The zero-order chi connectivity index (χ0) is 17.9. The topological polar surface area (TPSA) is 52.7 Å². The molecule has 1 aromatic heterocycles. The van der Waals surface area contributed by atoms with Crippen LogP contribution in [0.4, 0.5) is 6.01 Å². The first kappa shape index (κ1) is 17.1. The number of hydrogen-bond donors (Lipinski definition) is 1. The fraction of sp³-hybridized carbons (Fsp3) is 0.381. The van der Waals surface area contributed by atoms with Crippen molar-refractivity contribution in [2.75, 3.05) is 31.1 Å². The molecule has 0 spiro atoms. The number of piperazine rings is 1. The quantitative estimate of drug-likeness (QED) is 0.765. The number of aliphatic hydroxyl groups excluding tert-OH is 1. The fourth-order valence-corrected chi connectivity index (χ4v) is 3.62. The average Bonchev–Trinajstić information content (AvgIpc) is 3.09. The van der Waals surface area contributed by atoms with Gasteiger partial charge >= 0.3 is 0 Å². The van der Waals surface area contributed by atoms with Crippen LogP contribution in [0.25, 0.3) is 11.1 Å². The molecule has 1 aliphatic rings. The van der Waals surface area contributed by atoms with Gasteiger partial charge in [0.05, 0.1) is 0 Å². The Morgan fingerprint density at radius 2 is 1.92 bits per heavy atom. The van der Waals surface area contributed by atoms with Gasteiger partial charge in [-0.3, -0.25) is 4.90 Å². The van der Waals surface area contributed by atoms with Crippen molar-refractivity contribution in [1.82, 2.24) is 9.88 Å². The third-order valence-corrected chi connectivity index (χ3v) is 5.13. The lowest BCUT2D eigenvalue weighted by Crippen LogP contribution is -2.53. The first-order valence-electron chi connectivity index (χ1n) is 9.24. The second-order valence-corrected chi connectivity index (χ2v) is 7.03. The molecule has 0 bridgehead atoms. The number of aryl methyl sites for hydroxylation is 1. The van der Waals surface area contributed by atoms with E-state index in [2.05, 4.69) is 46.0 Å². The number of oxazole rings is 1. The lowest BCUT2D eigenvalue weighted by Gasteiger charge is -2.40. The van der Waals surface area contributed by atoms with Crippen molar-refractivity contribution in [3.8, 4) is 0 Å². The molecule has 0 unspecified atom stereocenters. The lowest BCUT2D eigenvalue weighted by atomic mass is 10.1. The average molecular weight is 351 g/mol. The Labute approximate surface area is 153 Å². The molecule has 1 N–H and O–H groups in total. The number of rotatable bonds is 5. The Bertz CT molecular complexity index is 826. The van der Waals surface area contributed by atoms with Gasteiger partial charge in [-0.05, 0) is 31.0 Å². The second-order valence-electron chi connectivity index (χ2n) is 7.03. The summed E-state index contributed by atoms with van der Waals surface area (Å²) in [5, 5.41) is 9.53. The van der Waals surface area contributed by atoms with Crippen LogP contribution in [0.5, 0.6) is 0 Å². The molecule has 5 heteroatoms. The zero-order valence-electron chi connectivity index (χ0n) is 15.1. The molecule has 1 aliphatic heterocycles. The molecule has 1 atom stereocenters. The minimum absolute atomic E-state index is 0.191. The molecule has 26 heavy (non-hydrogen) atoms. The van der Waals surface area contributed by atoms with Crippen molar-refractivity contribution in [2.45, 2.75) is 25.9 Å². The smallest absolute Gasteiger partial charge is 0.298 e. The second kappa shape index (κ2) is 7.48. The molecule has 2 heterocycles. The highest BCUT2D eigenvalue weighted by Gasteiger charge is 2.29. The van der Waals surface area contributed by atoms with Gasteiger partial charge in [0.15, 0.2) is 5.58 Å². The van der Waals surface area contributed by atoms with Crippen LogP contribution in [0, 0.1) is 6.92 Å². The van der Waals surface area contributed by atoms with Crippen LogP contribution in [0.3, 0.4) is 0 Å². The Hall–Kier alpha value is -2.37. The maximum Gasteiger partial charge on any atom is 0.298 e. The van der Waals surface area contributed by atoms with Gasteiger partial charge in [-0.2, -0.15) is 4.98 Å². The van der Waals surface area contributed by atoms with E-state index in [1.54, 1.807) is 0 Å². The first-order valence-corrected chi connectivity index (χ1v) is 9.24. The number of aliphatic hydroxyl groups is 1. The minimum atomic E-state index is 0.191. The molecule has 136 valence electrons. The van der Waals surface area contributed by atoms with E-state index < -0.39 is 0 Å². The van der Waals surface area contributed by atoms with Gasteiger partial charge in [-0.15, -0.1) is 0 Å². The van der Waals surface area contributed by atoms with Crippen molar-refractivity contribution < 1.29 is 9.52 Å². The Morgan fingerprint density at radius 1 is 1.12 bits per heavy atom. The van der Waals surface area contributed by atoms with Gasteiger partial charge in [-0.25, -0.2) is 0 Å². The molecule has 4 rings (SSSR count). The Morgan fingerprint density at radius 3 is 2.69 bits per heavy atom. The van der Waals surface area contributed by atoms with E-state index in [1.165, 1.54) is 11.1 Å². The molecule has 0 saturated carbocycles. The van der Waals surface area contributed by atoms with Crippen LogP contribution in [0.15, 0.2) is 52.9 Å². The molecule has 5 nitrogen and oxygen atoms in total. The molecule has 1 fully saturated rings. The van der Waals surface area contributed by atoms with Crippen LogP contribution in [-0.2, 0) is 6.54 Å². The third-order valence-electron chi connectivity index (χ3n) is 5.13. The largest absolute Gasteiger partial charge is 0.423 e. The predicted molar refractivity (Wildman–Crippen MR) is 103 cm³/mol. The van der Waals surface area contributed by atoms with E-state index in [-0.39, 0.29) is 12.6 Å². The molecule has 0 aliphatic carbocycles. The molecule has 3 aromatic rings. The van der Waals surface area contributed by atoms with Gasteiger partial charge in [-0.1, -0.05) is 42.0 Å². The summed E-state index contributed by atoms with van der Waals surface area (Å²) < 4.78 is 5.93. The number of benzene rings is 2. The highest BCUT2D eigenvalue weighted by Crippen LogP contribution is 2.25. The van der Waals surface area contributed by atoms with E-state index in [1.807, 2.05) is 24.3 Å². The SMILES string of the molecule is Cc1ccc(CN2CCN(c3nc4ccccc4o3)C[C@@H]2CCO)cc1. The summed E-state index contributed by atoms with van der Waals surface area (Å²) in [6.45, 7) is 5.83. The van der Waals surface area contributed by atoms with E-state index >= 15 is 0 Å². The van der Waals surface area contributed by atoms with Gasteiger partial charge in [0.25, 0.3) is 6.01 Å². The van der Waals surface area contributed by atoms with Gasteiger partial charge < -0.3 is 14.4 Å². The van der Waals surface area contributed by atoms with E-state index in [0.717, 1.165) is 43.7 Å². The normalized spacial score (nSPS) is 18.5. The van der Waals surface area contributed by atoms with Crippen LogP contribution < -0.4 is 4.90 Å². The van der Waals surface area contributed by atoms with Crippen molar-refractivity contribution in [3.05, 3.63) is 59.7 Å². The number of nitrogens with zero attached hydrogens (tertiary/aromatic N) is 3. The van der Waals surface area contributed by atoms with E-state index in [4.69, 9.17) is 4.42 Å². The van der Waals surface area contributed by atoms with Crippen LogP contribution >= 0.6 is 0 Å². The summed E-state index contributed by atoms with van der Waals surface area (Å²) in [6.07, 6.45) is 0.753. The van der Waals surface area contributed by atoms with Gasteiger partial charge in [0, 0.05) is 38.8 Å². The molecule has 2 aromatic carbocycles. The predicted octanol–water partition coefficient (Wildman–Crippen LogP) is 3.21. The number of aromatic nitrogens is 1. The summed E-state index contributed by atoms with van der Waals surface area (Å²) in [5.74, 6) is 0. The maximum absolute atomic E-state index is 9.53. The van der Waals surface area contributed by atoms with E-state index in [9.17, 15) is 5.11 Å². The summed E-state index contributed by atoms with van der Waals surface area (Å²) in [7, 11) is 0. The Kier molecular flexibility index (Phi) is 4.91. The van der Waals surface area contributed by atoms with Crippen LogP contribution in [-0.4, -0.2) is 47.3 Å². The van der Waals surface area contributed by atoms with Crippen molar-refractivity contribution in [1.29, 1.82) is 0 Å². The zero-order valence-corrected chi connectivity index (χ0v) is 15.1. The number of para-hydroxylation sites is 2. The molecular formula is C21H25N3O2. The maximum atomic E-state index is 9.53. The fourth-order valence-electron chi connectivity index (χ4n) is 3.62. The highest BCUT2D eigenvalue weighted by atomic mass is 16.4. The van der Waals surface area contributed by atoms with E-state index in [0.29, 0.717) is 6.01 Å². The van der Waals surface area contributed by atoms with Crippen molar-refractivity contribution in [3.63, 3.8) is 0 Å². The molecule has 0 radical (unpaired) electrons. The summed E-state index contributed by atoms with van der Waals surface area (Å²) in [4.78, 5) is 9.29. The van der Waals surface area contributed by atoms with Gasteiger partial charge in [0.1, 0.15) is 5.52 Å².